The Kier molecular flexibility index (Phi) is 5.39. The maximum atomic E-state index is 12.6. The van der Waals surface area contributed by atoms with Gasteiger partial charge in [0, 0.05) is 58.1 Å². The SMILES string of the molecule is O=C(Nc1cncc(-c2cc3c(-c4cc5c(-c6cccnc6)nccc5[nH]4)n[nH]c3cn2)c1)C1CCCC1. The predicted octanol–water partition coefficient (Wildman–Crippen LogP) is 5.75. The van der Waals surface area contributed by atoms with Crippen LogP contribution in [0, 0.1) is 5.92 Å². The molecule has 1 aliphatic carbocycles. The van der Waals surface area contributed by atoms with Crippen LogP contribution in [-0.2, 0) is 4.79 Å². The van der Waals surface area contributed by atoms with Crippen molar-refractivity contribution in [2.75, 3.05) is 5.32 Å². The molecule has 1 saturated carbocycles. The number of nitrogens with one attached hydrogen (secondary N) is 3. The molecule has 0 bridgehead atoms. The van der Waals surface area contributed by atoms with Crippen LogP contribution in [-0.4, -0.2) is 41.0 Å². The number of aromatic nitrogens is 7. The lowest BCUT2D eigenvalue weighted by molar-refractivity contribution is -0.119. The number of amides is 1. The Morgan fingerprint density at radius 3 is 2.58 bits per heavy atom. The largest absolute Gasteiger partial charge is 0.353 e. The van der Waals surface area contributed by atoms with Crippen molar-refractivity contribution in [3.05, 3.63) is 73.6 Å². The van der Waals surface area contributed by atoms with Gasteiger partial charge in [-0.15, -0.1) is 0 Å². The first-order valence-electron chi connectivity index (χ1n) is 12.7. The molecule has 1 aliphatic rings. The van der Waals surface area contributed by atoms with Gasteiger partial charge in [0.2, 0.25) is 5.91 Å². The van der Waals surface area contributed by atoms with E-state index in [1.807, 2.05) is 36.5 Å². The summed E-state index contributed by atoms with van der Waals surface area (Å²) in [5.41, 5.74) is 7.52. The lowest BCUT2D eigenvalue weighted by Gasteiger charge is -2.11. The van der Waals surface area contributed by atoms with E-state index in [9.17, 15) is 4.79 Å². The van der Waals surface area contributed by atoms with Crippen molar-refractivity contribution >= 4 is 33.4 Å². The molecule has 6 aromatic rings. The van der Waals surface area contributed by atoms with Gasteiger partial charge >= 0.3 is 0 Å². The fourth-order valence-electron chi connectivity index (χ4n) is 5.27. The summed E-state index contributed by atoms with van der Waals surface area (Å²) in [6.07, 6.45) is 14.7. The molecular formula is C29H24N8O. The molecule has 3 N–H and O–H groups in total. The number of fused-ring (bicyclic) bond motifs is 2. The summed E-state index contributed by atoms with van der Waals surface area (Å²) >= 11 is 0. The van der Waals surface area contributed by atoms with Crippen LogP contribution in [0.1, 0.15) is 25.7 Å². The second kappa shape index (κ2) is 9.19. The summed E-state index contributed by atoms with van der Waals surface area (Å²) in [4.78, 5) is 33.9. The van der Waals surface area contributed by atoms with Gasteiger partial charge in [-0.05, 0) is 49.2 Å². The smallest absolute Gasteiger partial charge is 0.227 e. The fraction of sp³-hybridized carbons (Fsp3) is 0.172. The third-order valence-electron chi connectivity index (χ3n) is 7.21. The van der Waals surface area contributed by atoms with E-state index < -0.39 is 0 Å². The Bertz CT molecular complexity index is 1780. The number of pyridine rings is 4. The summed E-state index contributed by atoms with van der Waals surface area (Å²) in [7, 11) is 0. The van der Waals surface area contributed by atoms with Gasteiger partial charge in [-0.25, -0.2) is 0 Å². The summed E-state index contributed by atoms with van der Waals surface area (Å²) < 4.78 is 0. The molecule has 186 valence electrons. The highest BCUT2D eigenvalue weighted by molar-refractivity contribution is 6.00. The van der Waals surface area contributed by atoms with Gasteiger partial charge in [-0.3, -0.25) is 29.8 Å². The van der Waals surface area contributed by atoms with Crippen LogP contribution < -0.4 is 5.32 Å². The zero-order valence-electron chi connectivity index (χ0n) is 20.5. The quantitative estimate of drug-likeness (QED) is 0.277. The molecule has 6 aromatic heterocycles. The van der Waals surface area contributed by atoms with Gasteiger partial charge in [-0.1, -0.05) is 12.8 Å². The van der Waals surface area contributed by atoms with Crippen LogP contribution >= 0.6 is 0 Å². The predicted molar refractivity (Wildman–Crippen MR) is 146 cm³/mol. The zero-order valence-corrected chi connectivity index (χ0v) is 20.5. The lowest BCUT2D eigenvalue weighted by atomic mass is 10.1. The van der Waals surface area contributed by atoms with Gasteiger partial charge in [0.25, 0.3) is 0 Å². The number of H-pyrrole nitrogens is 2. The fourth-order valence-corrected chi connectivity index (χ4v) is 5.27. The maximum absolute atomic E-state index is 12.6. The van der Waals surface area contributed by atoms with Crippen molar-refractivity contribution in [2.45, 2.75) is 25.7 Å². The van der Waals surface area contributed by atoms with E-state index in [0.717, 1.165) is 81.4 Å². The van der Waals surface area contributed by atoms with Crippen molar-refractivity contribution in [1.29, 1.82) is 0 Å². The number of anilines is 1. The highest BCUT2D eigenvalue weighted by Gasteiger charge is 2.23. The van der Waals surface area contributed by atoms with Crippen LogP contribution in [0.25, 0.3) is 55.7 Å². The van der Waals surface area contributed by atoms with Gasteiger partial charge in [0.05, 0.1) is 40.7 Å². The number of hydrogen-bond donors (Lipinski definition) is 3. The first-order valence-corrected chi connectivity index (χ1v) is 12.7. The number of aromatic amines is 2. The van der Waals surface area contributed by atoms with Gasteiger partial charge in [0.15, 0.2) is 0 Å². The number of carbonyl (C=O) groups is 1. The number of nitrogens with zero attached hydrogens (tertiary/aromatic N) is 5. The topological polar surface area (TPSA) is 125 Å². The summed E-state index contributed by atoms with van der Waals surface area (Å²) in [5.74, 6) is 0.160. The standard InChI is InChI=1S/C29H24N8O/c38-29(17-4-1-2-5-17)34-20-10-19(14-31-15-20)24-11-22-26(16-33-24)36-37-28(22)25-12-21-23(35-25)7-9-32-27(21)18-6-3-8-30-13-18/h3,6-17,35H,1-2,4-5H2,(H,34,38)(H,36,37). The number of carbonyl (C=O) groups excluding carboxylic acids is 1. The maximum Gasteiger partial charge on any atom is 0.227 e. The number of hydrogen-bond acceptors (Lipinski definition) is 6. The minimum atomic E-state index is 0.0703. The van der Waals surface area contributed by atoms with E-state index in [-0.39, 0.29) is 11.8 Å². The Balaban J connectivity index is 1.25. The van der Waals surface area contributed by atoms with Crippen LogP contribution in [0.2, 0.25) is 0 Å². The molecule has 1 amide bonds. The van der Waals surface area contributed by atoms with Crippen LogP contribution in [0.15, 0.2) is 73.6 Å². The molecule has 0 radical (unpaired) electrons. The molecule has 0 unspecified atom stereocenters. The van der Waals surface area contributed by atoms with Crippen molar-refractivity contribution in [1.82, 2.24) is 35.1 Å². The molecule has 1 fully saturated rings. The van der Waals surface area contributed by atoms with E-state index in [2.05, 4.69) is 46.5 Å². The van der Waals surface area contributed by atoms with Crippen LogP contribution in [0.5, 0.6) is 0 Å². The highest BCUT2D eigenvalue weighted by atomic mass is 16.1. The molecule has 9 nitrogen and oxygen atoms in total. The van der Waals surface area contributed by atoms with E-state index >= 15 is 0 Å². The van der Waals surface area contributed by atoms with Crippen LogP contribution in [0.4, 0.5) is 5.69 Å². The molecular weight excluding hydrogens is 476 g/mol. The van der Waals surface area contributed by atoms with E-state index in [1.165, 1.54) is 0 Å². The first-order chi connectivity index (χ1) is 18.7. The summed E-state index contributed by atoms with van der Waals surface area (Å²) in [6.45, 7) is 0. The van der Waals surface area contributed by atoms with Crippen LogP contribution in [0.3, 0.4) is 0 Å². The third-order valence-corrected chi connectivity index (χ3v) is 7.21. The molecule has 0 aliphatic heterocycles. The van der Waals surface area contributed by atoms with Crippen molar-refractivity contribution in [3.63, 3.8) is 0 Å². The molecule has 38 heavy (non-hydrogen) atoms. The molecule has 0 atom stereocenters. The molecule has 9 heteroatoms. The van der Waals surface area contributed by atoms with Gasteiger partial charge < -0.3 is 10.3 Å². The zero-order chi connectivity index (χ0) is 25.5. The molecule has 0 spiro atoms. The monoisotopic (exact) mass is 500 g/mol. The Morgan fingerprint density at radius 2 is 1.71 bits per heavy atom. The lowest BCUT2D eigenvalue weighted by Crippen LogP contribution is -2.20. The second-order valence-corrected chi connectivity index (χ2v) is 9.67. The normalized spacial score (nSPS) is 13.9. The summed E-state index contributed by atoms with van der Waals surface area (Å²) in [5, 5.41) is 12.6. The van der Waals surface area contributed by atoms with E-state index in [4.69, 9.17) is 0 Å². The Labute approximate surface area is 217 Å². The second-order valence-electron chi connectivity index (χ2n) is 9.67. The van der Waals surface area contributed by atoms with E-state index in [0.29, 0.717) is 5.69 Å². The minimum Gasteiger partial charge on any atom is -0.353 e. The molecule has 0 saturated heterocycles. The van der Waals surface area contributed by atoms with E-state index in [1.54, 1.807) is 31.0 Å². The van der Waals surface area contributed by atoms with Gasteiger partial charge in [-0.2, -0.15) is 5.10 Å². The Morgan fingerprint density at radius 1 is 0.842 bits per heavy atom. The Hall–Kier alpha value is -4.92. The molecule has 7 rings (SSSR count). The molecule has 6 heterocycles. The number of rotatable bonds is 5. The van der Waals surface area contributed by atoms with Gasteiger partial charge in [0.1, 0.15) is 5.69 Å². The minimum absolute atomic E-state index is 0.0703. The first kappa shape index (κ1) is 22.3. The van der Waals surface area contributed by atoms with Crippen molar-refractivity contribution in [3.8, 4) is 33.9 Å². The average molecular weight is 501 g/mol. The van der Waals surface area contributed by atoms with Crippen molar-refractivity contribution in [2.24, 2.45) is 5.92 Å². The molecule has 0 aromatic carbocycles. The highest BCUT2D eigenvalue weighted by Crippen LogP contribution is 2.34. The van der Waals surface area contributed by atoms with Crippen molar-refractivity contribution < 1.29 is 4.79 Å². The third kappa shape index (κ3) is 3.98. The summed E-state index contributed by atoms with van der Waals surface area (Å²) in [6, 6.07) is 11.9. The average Bonchev–Trinajstić information content (AvgIpc) is 3.73.